The third-order valence-corrected chi connectivity index (χ3v) is 4.91. The van der Waals surface area contributed by atoms with Gasteiger partial charge in [0.05, 0.1) is 35.9 Å². The molecule has 6 heteroatoms. The van der Waals surface area contributed by atoms with Gasteiger partial charge in [-0.2, -0.15) is 0 Å². The van der Waals surface area contributed by atoms with E-state index in [-0.39, 0.29) is 5.82 Å². The molecule has 0 N–H and O–H groups in total. The first-order valence-electron chi connectivity index (χ1n) is 6.40. The van der Waals surface area contributed by atoms with Gasteiger partial charge < -0.3 is 4.74 Å². The van der Waals surface area contributed by atoms with Crippen LogP contribution in [0.25, 0.3) is 0 Å². The Morgan fingerprint density at radius 3 is 2.57 bits per heavy atom. The number of benzene rings is 2. The SMILES string of the molecule is COc1ccc(CN2SN(C)c3ccc(Br)c(F)c32)cc1. The Bertz CT molecular complexity index is 665. The molecule has 21 heavy (non-hydrogen) atoms. The summed E-state index contributed by atoms with van der Waals surface area (Å²) in [5.74, 6) is 0.595. The molecule has 3 nitrogen and oxygen atoms in total. The van der Waals surface area contributed by atoms with Gasteiger partial charge in [-0.15, -0.1) is 0 Å². The van der Waals surface area contributed by atoms with Crippen molar-refractivity contribution in [3.63, 3.8) is 0 Å². The van der Waals surface area contributed by atoms with E-state index >= 15 is 0 Å². The number of hydrogen-bond donors (Lipinski definition) is 0. The number of nitrogens with zero attached hydrogens (tertiary/aromatic N) is 2. The molecule has 1 aliphatic rings. The molecule has 1 heterocycles. The molecule has 0 atom stereocenters. The summed E-state index contributed by atoms with van der Waals surface area (Å²) in [6.45, 7) is 0.624. The lowest BCUT2D eigenvalue weighted by Gasteiger charge is -2.17. The Kier molecular flexibility index (Phi) is 3.99. The Labute approximate surface area is 136 Å². The highest BCUT2D eigenvalue weighted by atomic mass is 79.9. The normalized spacial score (nSPS) is 13.5. The molecule has 0 unspecified atom stereocenters. The van der Waals surface area contributed by atoms with Crippen LogP contribution >= 0.6 is 28.1 Å². The van der Waals surface area contributed by atoms with Crippen molar-refractivity contribution in [3.05, 3.63) is 52.3 Å². The molecular formula is C15H14BrFN2OS. The fraction of sp³-hybridized carbons (Fsp3) is 0.200. The highest BCUT2D eigenvalue weighted by molar-refractivity contribution is 9.10. The number of rotatable bonds is 3. The van der Waals surface area contributed by atoms with Crippen LogP contribution in [0.2, 0.25) is 0 Å². The molecule has 2 aromatic carbocycles. The summed E-state index contributed by atoms with van der Waals surface area (Å²) in [6, 6.07) is 11.5. The average Bonchev–Trinajstić information content (AvgIpc) is 2.80. The summed E-state index contributed by atoms with van der Waals surface area (Å²) in [4.78, 5) is 0. The Hall–Kier alpha value is -1.40. The van der Waals surface area contributed by atoms with Crippen LogP contribution in [0.4, 0.5) is 15.8 Å². The van der Waals surface area contributed by atoms with Gasteiger partial charge in [-0.3, -0.25) is 8.61 Å². The van der Waals surface area contributed by atoms with Gasteiger partial charge in [0, 0.05) is 7.05 Å². The zero-order valence-electron chi connectivity index (χ0n) is 11.6. The van der Waals surface area contributed by atoms with Gasteiger partial charge in [0.15, 0.2) is 5.82 Å². The fourth-order valence-electron chi connectivity index (χ4n) is 2.26. The number of fused-ring (bicyclic) bond motifs is 1. The number of halogens is 2. The third kappa shape index (κ3) is 2.70. The summed E-state index contributed by atoms with van der Waals surface area (Å²) in [5.41, 5.74) is 2.60. The summed E-state index contributed by atoms with van der Waals surface area (Å²) < 4.78 is 24.0. The lowest BCUT2D eigenvalue weighted by atomic mass is 10.2. The van der Waals surface area contributed by atoms with Crippen LogP contribution < -0.4 is 13.3 Å². The molecular weight excluding hydrogens is 355 g/mol. The molecule has 0 aromatic heterocycles. The molecule has 0 radical (unpaired) electrons. The van der Waals surface area contributed by atoms with Crippen molar-refractivity contribution in [1.82, 2.24) is 0 Å². The van der Waals surface area contributed by atoms with Gasteiger partial charge in [-0.1, -0.05) is 12.1 Å². The minimum absolute atomic E-state index is 0.224. The van der Waals surface area contributed by atoms with Crippen molar-refractivity contribution in [1.29, 1.82) is 0 Å². The van der Waals surface area contributed by atoms with Crippen LogP contribution in [0.5, 0.6) is 5.75 Å². The monoisotopic (exact) mass is 368 g/mol. The van der Waals surface area contributed by atoms with Crippen LogP contribution in [0, 0.1) is 5.82 Å². The van der Waals surface area contributed by atoms with Crippen LogP contribution in [-0.2, 0) is 6.54 Å². The van der Waals surface area contributed by atoms with Gasteiger partial charge in [0.1, 0.15) is 11.4 Å². The smallest absolute Gasteiger partial charge is 0.163 e. The number of hydrogen-bond acceptors (Lipinski definition) is 4. The predicted molar refractivity (Wildman–Crippen MR) is 89.3 cm³/mol. The van der Waals surface area contributed by atoms with Crippen LogP contribution in [-0.4, -0.2) is 14.2 Å². The van der Waals surface area contributed by atoms with Crippen molar-refractivity contribution in [3.8, 4) is 5.75 Å². The second-order valence-electron chi connectivity index (χ2n) is 4.69. The van der Waals surface area contributed by atoms with Crippen molar-refractivity contribution in [2.75, 3.05) is 22.8 Å². The third-order valence-electron chi connectivity index (χ3n) is 3.34. The van der Waals surface area contributed by atoms with E-state index in [1.807, 2.05) is 46.0 Å². The van der Waals surface area contributed by atoms with Gasteiger partial charge in [-0.25, -0.2) is 4.39 Å². The summed E-state index contributed by atoms with van der Waals surface area (Å²) >= 11 is 4.75. The zero-order valence-corrected chi connectivity index (χ0v) is 14.0. The maximum absolute atomic E-state index is 14.4. The molecule has 0 amide bonds. The van der Waals surface area contributed by atoms with Crippen LogP contribution in [0.3, 0.4) is 0 Å². The highest BCUT2D eigenvalue weighted by Crippen LogP contribution is 2.47. The number of anilines is 2. The molecule has 0 spiro atoms. The van der Waals surface area contributed by atoms with Gasteiger partial charge in [0.25, 0.3) is 0 Å². The molecule has 110 valence electrons. The molecule has 0 saturated carbocycles. The van der Waals surface area contributed by atoms with Gasteiger partial charge in [-0.05, 0) is 45.8 Å². The van der Waals surface area contributed by atoms with Crippen molar-refractivity contribution < 1.29 is 9.13 Å². The Morgan fingerprint density at radius 2 is 1.90 bits per heavy atom. The van der Waals surface area contributed by atoms with Crippen molar-refractivity contribution in [2.45, 2.75) is 6.54 Å². The van der Waals surface area contributed by atoms with E-state index in [4.69, 9.17) is 4.74 Å². The van der Waals surface area contributed by atoms with Gasteiger partial charge >= 0.3 is 0 Å². The zero-order chi connectivity index (χ0) is 15.0. The highest BCUT2D eigenvalue weighted by Gasteiger charge is 2.29. The fourth-order valence-corrected chi connectivity index (χ4v) is 3.57. The minimum atomic E-state index is -0.224. The van der Waals surface area contributed by atoms with E-state index in [1.165, 1.54) is 12.1 Å². The van der Waals surface area contributed by atoms with E-state index < -0.39 is 0 Å². The van der Waals surface area contributed by atoms with E-state index in [0.29, 0.717) is 16.7 Å². The maximum Gasteiger partial charge on any atom is 0.163 e. The van der Waals surface area contributed by atoms with E-state index in [1.54, 1.807) is 13.2 Å². The van der Waals surface area contributed by atoms with Crippen molar-refractivity contribution in [2.24, 2.45) is 0 Å². The van der Waals surface area contributed by atoms with Crippen molar-refractivity contribution >= 4 is 39.4 Å². The lowest BCUT2D eigenvalue weighted by Crippen LogP contribution is -2.13. The number of ether oxygens (including phenoxy) is 1. The average molecular weight is 369 g/mol. The first-order valence-corrected chi connectivity index (χ1v) is 7.93. The lowest BCUT2D eigenvalue weighted by molar-refractivity contribution is 0.414. The molecule has 0 fully saturated rings. The van der Waals surface area contributed by atoms with Crippen LogP contribution in [0.15, 0.2) is 40.9 Å². The largest absolute Gasteiger partial charge is 0.497 e. The van der Waals surface area contributed by atoms with E-state index in [2.05, 4.69) is 15.9 Å². The second-order valence-corrected chi connectivity index (χ2v) is 6.70. The van der Waals surface area contributed by atoms with Gasteiger partial charge in [0.2, 0.25) is 0 Å². The molecule has 0 bridgehead atoms. The molecule has 2 aromatic rings. The summed E-state index contributed by atoms with van der Waals surface area (Å²) in [7, 11) is 3.58. The maximum atomic E-state index is 14.4. The Balaban J connectivity index is 1.90. The first kappa shape index (κ1) is 14.5. The molecule has 0 aliphatic carbocycles. The van der Waals surface area contributed by atoms with E-state index in [0.717, 1.165) is 17.0 Å². The first-order chi connectivity index (χ1) is 10.1. The Morgan fingerprint density at radius 1 is 1.19 bits per heavy atom. The number of methoxy groups -OCH3 is 1. The minimum Gasteiger partial charge on any atom is -0.497 e. The second kappa shape index (κ2) is 5.77. The molecule has 3 rings (SSSR count). The molecule has 1 aliphatic heterocycles. The van der Waals surface area contributed by atoms with Crippen LogP contribution in [0.1, 0.15) is 5.56 Å². The quantitative estimate of drug-likeness (QED) is 0.734. The summed E-state index contributed by atoms with van der Waals surface area (Å²) in [5, 5.41) is 0. The standard InChI is InChI=1S/C15H14BrFN2OS/c1-18-13-8-7-12(16)14(17)15(13)19(21-18)9-10-3-5-11(20-2)6-4-10/h3-8H,9H2,1-2H3. The van der Waals surface area contributed by atoms with E-state index in [9.17, 15) is 4.39 Å². The summed E-state index contributed by atoms with van der Waals surface area (Å²) in [6.07, 6.45) is 0. The topological polar surface area (TPSA) is 15.7 Å². The molecule has 0 saturated heterocycles. The predicted octanol–water partition coefficient (Wildman–Crippen LogP) is 4.62.